The average molecular weight is 507 g/mol. The van der Waals surface area contributed by atoms with Gasteiger partial charge in [-0.05, 0) is 62.9 Å². The molecule has 0 amide bonds. The van der Waals surface area contributed by atoms with Gasteiger partial charge in [-0.2, -0.15) is 13.2 Å². The van der Waals surface area contributed by atoms with Crippen LogP contribution in [0.5, 0.6) is 11.5 Å². The Morgan fingerprint density at radius 3 is 2.47 bits per heavy atom. The molecule has 0 atom stereocenters. The van der Waals surface area contributed by atoms with Crippen molar-refractivity contribution in [2.45, 2.75) is 51.4 Å². The predicted octanol–water partition coefficient (Wildman–Crippen LogP) is 5.52. The van der Waals surface area contributed by atoms with E-state index in [1.54, 1.807) is 32.3 Å². The zero-order valence-corrected chi connectivity index (χ0v) is 21.0. The molecule has 0 aromatic heterocycles. The Morgan fingerprint density at radius 2 is 1.89 bits per heavy atom. The van der Waals surface area contributed by atoms with E-state index in [0.29, 0.717) is 47.4 Å². The fourth-order valence-corrected chi connectivity index (χ4v) is 3.98. The van der Waals surface area contributed by atoms with Gasteiger partial charge in [0.1, 0.15) is 12.4 Å². The molecular formula is C26H33F3N4O3. The minimum Gasteiger partial charge on any atom is -0.493 e. The van der Waals surface area contributed by atoms with Crippen molar-refractivity contribution in [3.05, 3.63) is 47.0 Å². The molecule has 3 rings (SSSR count). The summed E-state index contributed by atoms with van der Waals surface area (Å²) in [6.07, 6.45) is 0.407. The van der Waals surface area contributed by atoms with Crippen LogP contribution in [0.4, 0.5) is 24.5 Å². The molecule has 2 aromatic rings. The molecule has 2 aromatic carbocycles. The third-order valence-corrected chi connectivity index (χ3v) is 6.03. The first-order valence-corrected chi connectivity index (χ1v) is 11.7. The number of benzene rings is 2. The van der Waals surface area contributed by atoms with E-state index < -0.39 is 11.7 Å². The summed E-state index contributed by atoms with van der Waals surface area (Å²) in [6, 6.07) is 6.95. The standard InChI is InChI=1S/C26H33F3N4O3/c1-5-32-21-15-22(34-4)23(35-9-10-36-25(2)7-6-8-25)14-20(21)24(31-3)33-16-17-11-18(26(27,28)29)13-19(30)12-17/h5,11-15H,6-10,16,30H2,1-4H3,(H,31,33)/b32-5+. The highest BCUT2D eigenvalue weighted by Crippen LogP contribution is 2.37. The van der Waals surface area contributed by atoms with E-state index in [2.05, 4.69) is 22.2 Å². The van der Waals surface area contributed by atoms with Gasteiger partial charge in [-0.3, -0.25) is 9.98 Å². The number of nitrogens with zero attached hydrogens (tertiary/aromatic N) is 2. The van der Waals surface area contributed by atoms with Crippen LogP contribution in [0.25, 0.3) is 0 Å². The van der Waals surface area contributed by atoms with E-state index in [9.17, 15) is 13.2 Å². The van der Waals surface area contributed by atoms with E-state index in [1.165, 1.54) is 19.6 Å². The summed E-state index contributed by atoms with van der Waals surface area (Å²) in [5.74, 6) is 1.41. The van der Waals surface area contributed by atoms with E-state index in [0.717, 1.165) is 25.0 Å². The second-order valence-electron chi connectivity index (χ2n) is 8.79. The predicted molar refractivity (Wildman–Crippen MR) is 136 cm³/mol. The first kappa shape index (κ1) is 27.3. The SMILES string of the molecule is C/C=N/c1cc(OC)c(OCCOC2(C)CCC2)cc1/C(=N\C)NCc1cc(N)cc(C(F)(F)F)c1. The third-order valence-electron chi connectivity index (χ3n) is 6.03. The molecule has 10 heteroatoms. The number of aliphatic imine (C=N–C) groups is 2. The number of hydrogen-bond acceptors (Lipinski definition) is 6. The van der Waals surface area contributed by atoms with Crippen LogP contribution < -0.4 is 20.5 Å². The molecule has 1 aliphatic rings. The number of nitrogen functional groups attached to an aromatic ring is 1. The largest absolute Gasteiger partial charge is 0.493 e. The molecule has 196 valence electrons. The first-order valence-electron chi connectivity index (χ1n) is 11.7. The maximum atomic E-state index is 13.2. The Balaban J connectivity index is 1.81. The van der Waals surface area contributed by atoms with Crippen molar-refractivity contribution >= 4 is 23.4 Å². The number of anilines is 1. The number of halogens is 3. The number of nitrogens with one attached hydrogen (secondary N) is 1. The lowest BCUT2D eigenvalue weighted by atomic mass is 9.82. The van der Waals surface area contributed by atoms with Gasteiger partial charge in [-0.15, -0.1) is 0 Å². The van der Waals surface area contributed by atoms with Gasteiger partial charge in [0.15, 0.2) is 11.5 Å². The van der Waals surface area contributed by atoms with Crippen molar-refractivity contribution in [3.63, 3.8) is 0 Å². The Kier molecular flexibility index (Phi) is 8.84. The lowest BCUT2D eigenvalue weighted by Gasteiger charge is -2.38. The van der Waals surface area contributed by atoms with Gasteiger partial charge >= 0.3 is 6.18 Å². The second kappa shape index (κ2) is 11.6. The van der Waals surface area contributed by atoms with Crippen molar-refractivity contribution in [2.75, 3.05) is 33.1 Å². The first-order chi connectivity index (χ1) is 17.1. The van der Waals surface area contributed by atoms with Crippen LogP contribution in [-0.4, -0.2) is 45.0 Å². The van der Waals surface area contributed by atoms with Crippen LogP contribution in [0, 0.1) is 0 Å². The van der Waals surface area contributed by atoms with E-state index in [-0.39, 0.29) is 17.8 Å². The molecule has 1 fully saturated rings. The van der Waals surface area contributed by atoms with Crippen LogP contribution >= 0.6 is 0 Å². The molecular weight excluding hydrogens is 473 g/mol. The molecule has 0 unspecified atom stereocenters. The molecule has 0 radical (unpaired) electrons. The van der Waals surface area contributed by atoms with Crippen molar-refractivity contribution in [1.82, 2.24) is 5.32 Å². The number of alkyl halides is 3. The second-order valence-corrected chi connectivity index (χ2v) is 8.79. The highest BCUT2D eigenvalue weighted by atomic mass is 19.4. The van der Waals surface area contributed by atoms with E-state index in [1.807, 2.05) is 0 Å². The van der Waals surface area contributed by atoms with Crippen LogP contribution in [0.2, 0.25) is 0 Å². The monoisotopic (exact) mass is 506 g/mol. The summed E-state index contributed by atoms with van der Waals surface area (Å²) in [4.78, 5) is 8.72. The van der Waals surface area contributed by atoms with Gasteiger partial charge in [0, 0.05) is 37.1 Å². The number of ether oxygens (including phenoxy) is 3. The number of nitrogens with two attached hydrogens (primary N) is 1. The van der Waals surface area contributed by atoms with Crippen LogP contribution in [-0.2, 0) is 17.5 Å². The van der Waals surface area contributed by atoms with E-state index in [4.69, 9.17) is 19.9 Å². The lowest BCUT2D eigenvalue weighted by Crippen LogP contribution is -2.37. The zero-order valence-electron chi connectivity index (χ0n) is 21.0. The van der Waals surface area contributed by atoms with Crippen molar-refractivity contribution in [1.29, 1.82) is 0 Å². The third kappa shape index (κ3) is 6.90. The Bertz CT molecular complexity index is 1110. The maximum Gasteiger partial charge on any atom is 0.416 e. The summed E-state index contributed by atoms with van der Waals surface area (Å²) in [5.41, 5.74) is 6.41. The van der Waals surface area contributed by atoms with Gasteiger partial charge in [-0.25, -0.2) is 0 Å². The average Bonchev–Trinajstić information content (AvgIpc) is 2.81. The number of methoxy groups -OCH3 is 1. The number of rotatable bonds is 10. The highest BCUT2D eigenvalue weighted by Gasteiger charge is 2.32. The molecule has 0 bridgehead atoms. The van der Waals surface area contributed by atoms with Crippen molar-refractivity contribution in [2.24, 2.45) is 9.98 Å². The Hall–Kier alpha value is -3.27. The summed E-state index contributed by atoms with van der Waals surface area (Å²) < 4.78 is 57.0. The summed E-state index contributed by atoms with van der Waals surface area (Å²) in [7, 11) is 3.12. The molecule has 0 aliphatic heterocycles. The fraction of sp³-hybridized carbons (Fsp3) is 0.462. The quantitative estimate of drug-likeness (QED) is 0.192. The van der Waals surface area contributed by atoms with Crippen molar-refractivity contribution in [3.8, 4) is 11.5 Å². The molecule has 0 saturated heterocycles. The van der Waals surface area contributed by atoms with Crippen molar-refractivity contribution < 1.29 is 27.4 Å². The molecule has 0 heterocycles. The molecule has 36 heavy (non-hydrogen) atoms. The fourth-order valence-electron chi connectivity index (χ4n) is 3.98. The molecule has 0 spiro atoms. The minimum absolute atomic E-state index is 0.0333. The van der Waals surface area contributed by atoms with Gasteiger partial charge < -0.3 is 25.3 Å². The van der Waals surface area contributed by atoms with Gasteiger partial charge in [-0.1, -0.05) is 0 Å². The molecule has 3 N–H and O–H groups in total. The van der Waals surface area contributed by atoms with Gasteiger partial charge in [0.05, 0.1) is 30.6 Å². The molecule has 1 aliphatic carbocycles. The normalized spacial score (nSPS) is 15.6. The highest BCUT2D eigenvalue weighted by molar-refractivity contribution is 6.04. The minimum atomic E-state index is -4.49. The maximum absolute atomic E-state index is 13.2. The topological polar surface area (TPSA) is 90.5 Å². The summed E-state index contributed by atoms with van der Waals surface area (Å²) in [6.45, 7) is 4.72. The van der Waals surface area contributed by atoms with Gasteiger partial charge in [0.2, 0.25) is 0 Å². The molecule has 7 nitrogen and oxygen atoms in total. The Labute approximate surface area is 209 Å². The van der Waals surface area contributed by atoms with Gasteiger partial charge in [0.25, 0.3) is 0 Å². The smallest absolute Gasteiger partial charge is 0.416 e. The number of amidine groups is 1. The number of hydrogen-bond donors (Lipinski definition) is 2. The summed E-state index contributed by atoms with van der Waals surface area (Å²) >= 11 is 0. The Morgan fingerprint density at radius 1 is 1.14 bits per heavy atom. The molecule has 1 saturated carbocycles. The zero-order chi connectivity index (χ0) is 26.3. The lowest BCUT2D eigenvalue weighted by molar-refractivity contribution is -0.137. The van der Waals surface area contributed by atoms with Crippen LogP contribution in [0.15, 0.2) is 40.3 Å². The summed E-state index contributed by atoms with van der Waals surface area (Å²) in [5, 5.41) is 3.11. The van der Waals surface area contributed by atoms with E-state index >= 15 is 0 Å². The van der Waals surface area contributed by atoms with Crippen LogP contribution in [0.1, 0.15) is 49.8 Å². The van der Waals surface area contributed by atoms with Crippen LogP contribution in [0.3, 0.4) is 0 Å².